The molecule has 0 unspecified atom stereocenters. The number of likely N-dealkylation sites (N-methyl/N-ethyl adjacent to an activating group) is 1. The Hall–Kier alpha value is -2.69. The molecule has 0 fully saturated rings. The van der Waals surface area contributed by atoms with Gasteiger partial charge in [-0.25, -0.2) is 4.98 Å². The zero-order chi connectivity index (χ0) is 14.4. The Morgan fingerprint density at radius 2 is 2.37 bits per heavy atom. The van der Waals surface area contributed by atoms with Crippen LogP contribution in [0.2, 0.25) is 0 Å². The van der Waals surface area contributed by atoms with E-state index in [0.29, 0.717) is 6.54 Å². The number of nitro groups is 1. The van der Waals surface area contributed by atoms with Crippen LogP contribution in [0.3, 0.4) is 0 Å². The first-order valence-corrected chi connectivity index (χ1v) is 5.52. The van der Waals surface area contributed by atoms with Crippen molar-refractivity contribution in [2.45, 2.75) is 6.92 Å². The lowest BCUT2D eigenvalue weighted by atomic mass is 10.2. The molecule has 0 aliphatic heterocycles. The van der Waals surface area contributed by atoms with Crippen molar-refractivity contribution in [1.82, 2.24) is 9.88 Å². The monoisotopic (exact) mass is 263 g/mol. The molecule has 8 heteroatoms. The number of amides is 1. The number of pyridine rings is 1. The summed E-state index contributed by atoms with van der Waals surface area (Å²) in [4.78, 5) is 26.8. The van der Waals surface area contributed by atoms with E-state index in [1.807, 2.05) is 6.92 Å². The minimum absolute atomic E-state index is 0.0240. The van der Waals surface area contributed by atoms with Crippen LogP contribution in [0, 0.1) is 21.4 Å². The molecule has 0 spiro atoms. The smallest absolute Gasteiger partial charge is 0.289 e. The van der Waals surface area contributed by atoms with Crippen molar-refractivity contribution in [3.63, 3.8) is 0 Å². The highest BCUT2D eigenvalue weighted by Gasteiger charge is 2.13. The van der Waals surface area contributed by atoms with E-state index < -0.39 is 4.92 Å². The Labute approximate surface area is 109 Å². The number of carbonyl (C=O) groups is 1. The summed E-state index contributed by atoms with van der Waals surface area (Å²) >= 11 is 0. The van der Waals surface area contributed by atoms with E-state index in [1.54, 1.807) is 13.1 Å². The molecule has 1 aromatic rings. The molecule has 8 nitrogen and oxygen atoms in total. The fourth-order valence-electron chi connectivity index (χ4n) is 1.25. The summed E-state index contributed by atoms with van der Waals surface area (Å²) in [5, 5.41) is 22.1. The highest BCUT2D eigenvalue weighted by molar-refractivity contribution is 5.80. The Balaban J connectivity index is 2.82. The van der Waals surface area contributed by atoms with E-state index in [-0.39, 0.29) is 29.5 Å². The number of carbonyl (C=O) groups excluding carboxylic acids is 1. The van der Waals surface area contributed by atoms with Crippen LogP contribution < -0.4 is 5.32 Å². The van der Waals surface area contributed by atoms with Crippen LogP contribution in [0.15, 0.2) is 12.3 Å². The molecule has 0 aliphatic carbocycles. The number of hydrogen-bond acceptors (Lipinski definition) is 6. The highest BCUT2D eigenvalue weighted by atomic mass is 16.6. The normalized spacial score (nSPS) is 9.53. The van der Waals surface area contributed by atoms with Gasteiger partial charge in [-0.05, 0) is 6.92 Å². The summed E-state index contributed by atoms with van der Waals surface area (Å²) in [6.45, 7) is 2.38. The standard InChI is InChI=1S/C11H13N5O3/c1-3-15(2)10(17)7-14-11-8(5-12)4-9(6-13-11)16(18)19/h4,6H,3,7H2,1-2H3,(H,13,14). The number of anilines is 1. The van der Waals surface area contributed by atoms with Gasteiger partial charge in [0.05, 0.1) is 11.5 Å². The third-order valence-corrected chi connectivity index (χ3v) is 2.51. The van der Waals surface area contributed by atoms with E-state index in [4.69, 9.17) is 5.26 Å². The van der Waals surface area contributed by atoms with Gasteiger partial charge in [0.1, 0.15) is 23.6 Å². The van der Waals surface area contributed by atoms with Crippen LogP contribution in [0.25, 0.3) is 0 Å². The van der Waals surface area contributed by atoms with Gasteiger partial charge in [-0.3, -0.25) is 14.9 Å². The number of nitrogens with zero attached hydrogens (tertiary/aromatic N) is 4. The van der Waals surface area contributed by atoms with Crippen molar-refractivity contribution in [3.05, 3.63) is 27.9 Å². The molecule has 100 valence electrons. The molecular weight excluding hydrogens is 250 g/mol. The third-order valence-electron chi connectivity index (χ3n) is 2.51. The highest BCUT2D eigenvalue weighted by Crippen LogP contribution is 2.17. The molecule has 0 atom stereocenters. The van der Waals surface area contributed by atoms with E-state index in [1.165, 1.54) is 4.90 Å². The SMILES string of the molecule is CCN(C)C(=O)CNc1ncc([N+](=O)[O-])cc1C#N. The van der Waals surface area contributed by atoms with Crippen molar-refractivity contribution in [2.75, 3.05) is 25.5 Å². The topological polar surface area (TPSA) is 112 Å². The number of nitrogens with one attached hydrogen (secondary N) is 1. The summed E-state index contributed by atoms with van der Waals surface area (Å²) in [5.74, 6) is -0.00232. The van der Waals surface area contributed by atoms with Gasteiger partial charge in [-0.2, -0.15) is 5.26 Å². The fraction of sp³-hybridized carbons (Fsp3) is 0.364. The van der Waals surface area contributed by atoms with Crippen molar-refractivity contribution in [3.8, 4) is 6.07 Å². The van der Waals surface area contributed by atoms with Gasteiger partial charge in [0.15, 0.2) is 0 Å². The number of nitriles is 1. The quantitative estimate of drug-likeness (QED) is 0.619. The van der Waals surface area contributed by atoms with Crippen molar-refractivity contribution in [1.29, 1.82) is 5.26 Å². The zero-order valence-corrected chi connectivity index (χ0v) is 10.6. The molecule has 0 radical (unpaired) electrons. The Kier molecular flexibility index (Phi) is 4.76. The lowest BCUT2D eigenvalue weighted by molar-refractivity contribution is -0.385. The maximum atomic E-state index is 11.6. The minimum Gasteiger partial charge on any atom is -0.360 e. The average Bonchev–Trinajstić information content (AvgIpc) is 2.43. The Bertz CT molecular complexity index is 538. The summed E-state index contributed by atoms with van der Waals surface area (Å²) in [6.07, 6.45) is 1.04. The average molecular weight is 263 g/mol. The summed E-state index contributed by atoms with van der Waals surface area (Å²) < 4.78 is 0. The number of rotatable bonds is 5. The second-order valence-electron chi connectivity index (χ2n) is 3.72. The molecule has 1 aromatic heterocycles. The van der Waals surface area contributed by atoms with Gasteiger partial charge in [0.25, 0.3) is 5.69 Å². The molecule has 0 saturated carbocycles. The molecule has 1 rings (SSSR count). The van der Waals surface area contributed by atoms with Crippen molar-refractivity contribution < 1.29 is 9.72 Å². The number of hydrogen-bond donors (Lipinski definition) is 1. The Morgan fingerprint density at radius 1 is 1.68 bits per heavy atom. The molecule has 1 N–H and O–H groups in total. The van der Waals surface area contributed by atoms with E-state index in [2.05, 4.69) is 10.3 Å². The van der Waals surface area contributed by atoms with Gasteiger partial charge in [-0.1, -0.05) is 0 Å². The molecule has 0 aromatic carbocycles. The van der Waals surface area contributed by atoms with Crippen LogP contribution in [0.5, 0.6) is 0 Å². The first-order chi connectivity index (χ1) is 8.99. The molecule has 1 heterocycles. The first kappa shape index (κ1) is 14.4. The van der Waals surface area contributed by atoms with Crippen molar-refractivity contribution in [2.24, 2.45) is 0 Å². The van der Waals surface area contributed by atoms with Gasteiger partial charge in [0, 0.05) is 19.7 Å². The van der Waals surface area contributed by atoms with E-state index >= 15 is 0 Å². The van der Waals surface area contributed by atoms with E-state index in [0.717, 1.165) is 12.3 Å². The zero-order valence-electron chi connectivity index (χ0n) is 10.6. The second kappa shape index (κ2) is 6.30. The molecule has 0 saturated heterocycles. The minimum atomic E-state index is -0.631. The lowest BCUT2D eigenvalue weighted by Crippen LogP contribution is -2.32. The van der Waals surface area contributed by atoms with Gasteiger partial charge >= 0.3 is 0 Å². The largest absolute Gasteiger partial charge is 0.360 e. The summed E-state index contributed by atoms with van der Waals surface area (Å²) in [7, 11) is 1.65. The van der Waals surface area contributed by atoms with Crippen LogP contribution in [0.1, 0.15) is 12.5 Å². The van der Waals surface area contributed by atoms with Crippen LogP contribution >= 0.6 is 0 Å². The van der Waals surface area contributed by atoms with Gasteiger partial charge in [0.2, 0.25) is 5.91 Å². The molecular formula is C11H13N5O3. The fourth-order valence-corrected chi connectivity index (χ4v) is 1.25. The van der Waals surface area contributed by atoms with Gasteiger partial charge in [-0.15, -0.1) is 0 Å². The van der Waals surface area contributed by atoms with Gasteiger partial charge < -0.3 is 10.2 Å². The van der Waals surface area contributed by atoms with Crippen molar-refractivity contribution >= 4 is 17.4 Å². The predicted molar refractivity (Wildman–Crippen MR) is 67.4 cm³/mol. The molecule has 0 bridgehead atoms. The third kappa shape index (κ3) is 3.64. The molecule has 19 heavy (non-hydrogen) atoms. The van der Waals surface area contributed by atoms with E-state index in [9.17, 15) is 14.9 Å². The number of aromatic nitrogens is 1. The lowest BCUT2D eigenvalue weighted by Gasteiger charge is -2.15. The van der Waals surface area contributed by atoms with Crippen LogP contribution in [-0.4, -0.2) is 40.9 Å². The van der Waals surface area contributed by atoms with Crippen LogP contribution in [0.4, 0.5) is 11.5 Å². The summed E-state index contributed by atoms with van der Waals surface area (Å²) in [6, 6.07) is 2.92. The Morgan fingerprint density at radius 3 is 2.89 bits per heavy atom. The summed E-state index contributed by atoms with van der Waals surface area (Å²) in [5.41, 5.74) is -0.236. The molecule has 0 aliphatic rings. The first-order valence-electron chi connectivity index (χ1n) is 5.52. The predicted octanol–water partition coefficient (Wildman–Crippen LogP) is 0.752. The molecule has 1 amide bonds. The van der Waals surface area contributed by atoms with Crippen LogP contribution in [-0.2, 0) is 4.79 Å². The second-order valence-corrected chi connectivity index (χ2v) is 3.72. The maximum Gasteiger partial charge on any atom is 0.289 e. The maximum absolute atomic E-state index is 11.6.